The van der Waals surface area contributed by atoms with Crippen LogP contribution in [0.2, 0.25) is 5.02 Å². The van der Waals surface area contributed by atoms with Crippen molar-refractivity contribution in [2.24, 2.45) is 0 Å². The van der Waals surface area contributed by atoms with Crippen LogP contribution >= 0.6 is 11.6 Å². The molecule has 116 valence electrons. The summed E-state index contributed by atoms with van der Waals surface area (Å²) in [5.41, 5.74) is 0.712. The Morgan fingerprint density at radius 3 is 2.41 bits per heavy atom. The van der Waals surface area contributed by atoms with Gasteiger partial charge in [-0.15, -0.1) is 0 Å². The minimum Gasteiger partial charge on any atom is -0.345 e. The predicted octanol–water partition coefficient (Wildman–Crippen LogP) is 2.84. The van der Waals surface area contributed by atoms with Crippen LogP contribution in [0.3, 0.4) is 0 Å². The van der Waals surface area contributed by atoms with Crippen LogP contribution in [0, 0.1) is 0 Å². The Labute approximate surface area is 134 Å². The average molecular weight is 339 g/mol. The summed E-state index contributed by atoms with van der Waals surface area (Å²) in [6, 6.07) is 12.3. The Morgan fingerprint density at radius 2 is 1.77 bits per heavy atom. The van der Waals surface area contributed by atoms with Crippen LogP contribution in [0.25, 0.3) is 0 Å². The van der Waals surface area contributed by atoms with Crippen LogP contribution in [0.1, 0.15) is 10.4 Å². The molecule has 2 aromatic carbocycles. The quantitative estimate of drug-likeness (QED) is 0.932. The molecule has 22 heavy (non-hydrogen) atoms. The van der Waals surface area contributed by atoms with Crippen LogP contribution in [0.5, 0.6) is 0 Å². The van der Waals surface area contributed by atoms with Crippen molar-refractivity contribution >= 4 is 33.2 Å². The minimum atomic E-state index is -3.76. The second-order valence-electron chi connectivity index (χ2n) is 4.84. The molecular weight excluding hydrogens is 324 g/mol. The van der Waals surface area contributed by atoms with Gasteiger partial charge in [0.25, 0.3) is 15.9 Å². The van der Waals surface area contributed by atoms with Gasteiger partial charge in [-0.3, -0.25) is 9.52 Å². The first-order valence-corrected chi connectivity index (χ1v) is 8.26. The molecule has 2 rings (SSSR count). The summed E-state index contributed by atoms with van der Waals surface area (Å²) in [5, 5.41) is 0.333. The van der Waals surface area contributed by atoms with Gasteiger partial charge in [0, 0.05) is 30.4 Å². The highest BCUT2D eigenvalue weighted by Gasteiger charge is 2.15. The molecule has 0 saturated carbocycles. The topological polar surface area (TPSA) is 66.5 Å². The van der Waals surface area contributed by atoms with E-state index in [2.05, 4.69) is 4.72 Å². The Kier molecular flexibility index (Phi) is 4.73. The summed E-state index contributed by atoms with van der Waals surface area (Å²) in [7, 11) is -0.498. The Hall–Kier alpha value is -2.05. The second-order valence-corrected chi connectivity index (χ2v) is 6.96. The number of amides is 1. The summed E-state index contributed by atoms with van der Waals surface area (Å²) in [6.07, 6.45) is 0. The number of hydrogen-bond donors (Lipinski definition) is 1. The van der Waals surface area contributed by atoms with E-state index < -0.39 is 10.0 Å². The molecule has 0 aliphatic heterocycles. The molecule has 0 unspecified atom stereocenters. The van der Waals surface area contributed by atoms with Crippen molar-refractivity contribution in [1.29, 1.82) is 0 Å². The van der Waals surface area contributed by atoms with Gasteiger partial charge in [0.2, 0.25) is 0 Å². The molecule has 0 bridgehead atoms. The van der Waals surface area contributed by atoms with Gasteiger partial charge in [-0.1, -0.05) is 23.7 Å². The molecule has 0 heterocycles. The fraction of sp³-hybridized carbons (Fsp3) is 0.133. The lowest BCUT2D eigenvalue weighted by atomic mass is 10.2. The van der Waals surface area contributed by atoms with E-state index in [9.17, 15) is 13.2 Å². The highest BCUT2D eigenvalue weighted by molar-refractivity contribution is 7.92. The summed E-state index contributed by atoms with van der Waals surface area (Å²) < 4.78 is 27.0. The molecule has 0 aromatic heterocycles. The van der Waals surface area contributed by atoms with Crippen molar-refractivity contribution in [2.75, 3.05) is 18.8 Å². The van der Waals surface area contributed by atoms with Crippen molar-refractivity contribution in [1.82, 2.24) is 4.90 Å². The van der Waals surface area contributed by atoms with Gasteiger partial charge in [-0.25, -0.2) is 8.42 Å². The van der Waals surface area contributed by atoms with E-state index >= 15 is 0 Å². The van der Waals surface area contributed by atoms with Crippen molar-refractivity contribution in [3.8, 4) is 0 Å². The lowest BCUT2D eigenvalue weighted by molar-refractivity contribution is 0.0827. The van der Waals surface area contributed by atoms with Crippen molar-refractivity contribution in [2.45, 2.75) is 4.90 Å². The number of nitrogens with zero attached hydrogens (tertiary/aromatic N) is 1. The number of rotatable bonds is 4. The van der Waals surface area contributed by atoms with Crippen LogP contribution in [-0.2, 0) is 10.0 Å². The SMILES string of the molecule is CN(C)C(=O)c1cccc(NS(=O)(=O)c2cccc(Cl)c2)c1. The van der Waals surface area contributed by atoms with Crippen molar-refractivity contribution < 1.29 is 13.2 Å². The average Bonchev–Trinajstić information content (AvgIpc) is 2.46. The van der Waals surface area contributed by atoms with Gasteiger partial charge in [-0.05, 0) is 36.4 Å². The molecule has 1 amide bonds. The number of carbonyl (C=O) groups excluding carboxylic acids is 1. The number of hydrogen-bond acceptors (Lipinski definition) is 3. The van der Waals surface area contributed by atoms with Crippen molar-refractivity contribution in [3.05, 3.63) is 59.1 Å². The van der Waals surface area contributed by atoms with E-state index in [0.29, 0.717) is 16.3 Å². The molecule has 0 spiro atoms. The Morgan fingerprint density at radius 1 is 1.09 bits per heavy atom. The maximum atomic E-state index is 12.3. The minimum absolute atomic E-state index is 0.0596. The number of halogens is 1. The third-order valence-corrected chi connectivity index (χ3v) is 4.49. The molecule has 0 radical (unpaired) electrons. The Balaban J connectivity index is 2.31. The van der Waals surface area contributed by atoms with Crippen molar-refractivity contribution in [3.63, 3.8) is 0 Å². The van der Waals surface area contributed by atoms with E-state index in [1.54, 1.807) is 44.4 Å². The first-order chi connectivity index (χ1) is 10.3. The normalized spacial score (nSPS) is 11.0. The van der Waals surface area contributed by atoms with Crippen LogP contribution in [0.15, 0.2) is 53.4 Å². The number of anilines is 1. The zero-order chi connectivity index (χ0) is 16.3. The molecule has 1 N–H and O–H groups in total. The number of sulfonamides is 1. The third-order valence-electron chi connectivity index (χ3n) is 2.87. The van der Waals surface area contributed by atoms with Gasteiger partial charge in [0.1, 0.15) is 0 Å². The summed E-state index contributed by atoms with van der Waals surface area (Å²) in [5.74, 6) is -0.205. The van der Waals surface area contributed by atoms with E-state index in [-0.39, 0.29) is 10.8 Å². The van der Waals surface area contributed by atoms with Crippen LogP contribution < -0.4 is 4.72 Å². The number of nitrogens with one attached hydrogen (secondary N) is 1. The fourth-order valence-electron chi connectivity index (χ4n) is 1.82. The molecule has 0 aliphatic carbocycles. The molecule has 0 atom stereocenters. The number of benzene rings is 2. The number of carbonyl (C=O) groups is 1. The highest BCUT2D eigenvalue weighted by atomic mass is 35.5. The van der Waals surface area contributed by atoms with Gasteiger partial charge < -0.3 is 4.90 Å². The molecule has 5 nitrogen and oxygen atoms in total. The molecule has 0 saturated heterocycles. The van der Waals surface area contributed by atoms with Gasteiger partial charge in [0.15, 0.2) is 0 Å². The van der Waals surface area contributed by atoms with Gasteiger partial charge in [-0.2, -0.15) is 0 Å². The van der Waals surface area contributed by atoms with Gasteiger partial charge in [0.05, 0.1) is 4.90 Å². The molecule has 0 fully saturated rings. The van der Waals surface area contributed by atoms with Crippen LogP contribution in [-0.4, -0.2) is 33.3 Å². The maximum absolute atomic E-state index is 12.3. The van der Waals surface area contributed by atoms with E-state index in [1.807, 2.05) is 0 Å². The molecule has 2 aromatic rings. The smallest absolute Gasteiger partial charge is 0.261 e. The van der Waals surface area contributed by atoms with Crippen LogP contribution in [0.4, 0.5) is 5.69 Å². The fourth-order valence-corrected chi connectivity index (χ4v) is 3.17. The lowest BCUT2D eigenvalue weighted by Gasteiger charge is -2.12. The first-order valence-electron chi connectivity index (χ1n) is 6.40. The third kappa shape index (κ3) is 3.78. The lowest BCUT2D eigenvalue weighted by Crippen LogP contribution is -2.22. The van der Waals surface area contributed by atoms with E-state index in [4.69, 9.17) is 11.6 Å². The Bertz CT molecular complexity index is 804. The zero-order valence-corrected chi connectivity index (χ0v) is 13.6. The predicted molar refractivity (Wildman–Crippen MR) is 86.7 cm³/mol. The first kappa shape index (κ1) is 16.3. The summed E-state index contributed by atoms with van der Waals surface area (Å²) >= 11 is 5.81. The van der Waals surface area contributed by atoms with Gasteiger partial charge >= 0.3 is 0 Å². The summed E-state index contributed by atoms with van der Waals surface area (Å²) in [4.78, 5) is 13.4. The molecular formula is C15H15ClN2O3S. The highest BCUT2D eigenvalue weighted by Crippen LogP contribution is 2.20. The standard InChI is InChI=1S/C15H15ClN2O3S/c1-18(2)15(19)11-5-3-7-13(9-11)17-22(20,21)14-8-4-6-12(16)10-14/h3-10,17H,1-2H3. The van der Waals surface area contributed by atoms with E-state index in [1.165, 1.54) is 23.1 Å². The molecule has 0 aliphatic rings. The zero-order valence-electron chi connectivity index (χ0n) is 12.1. The largest absolute Gasteiger partial charge is 0.345 e. The molecule has 7 heteroatoms. The summed E-state index contributed by atoms with van der Waals surface area (Å²) in [6.45, 7) is 0. The van der Waals surface area contributed by atoms with E-state index in [0.717, 1.165) is 0 Å². The second kappa shape index (κ2) is 6.37. The maximum Gasteiger partial charge on any atom is 0.261 e. The monoisotopic (exact) mass is 338 g/mol.